The second kappa shape index (κ2) is 8.14. The Kier molecular flexibility index (Phi) is 5.83. The first kappa shape index (κ1) is 20.1. The molecule has 2 heterocycles. The third kappa shape index (κ3) is 4.98. The minimum absolute atomic E-state index is 0.0770. The maximum absolute atomic E-state index is 12.9. The predicted molar refractivity (Wildman–Crippen MR) is 95.1 cm³/mol. The minimum Gasteiger partial charge on any atom is -0.477 e. The number of anilines is 1. The highest BCUT2D eigenvalue weighted by molar-refractivity contribution is 5.86. The average Bonchev–Trinajstić information content (AvgIpc) is 2.66. The van der Waals surface area contributed by atoms with E-state index in [0.717, 1.165) is 36.5 Å². The average molecular weight is 395 g/mol. The van der Waals surface area contributed by atoms with E-state index in [2.05, 4.69) is 15.3 Å². The zero-order valence-corrected chi connectivity index (χ0v) is 15.2. The van der Waals surface area contributed by atoms with Crippen LogP contribution in [-0.2, 0) is 10.9 Å². The number of benzene rings is 1. The molecule has 0 amide bonds. The largest absolute Gasteiger partial charge is 0.477 e. The van der Waals surface area contributed by atoms with Crippen LogP contribution in [0.1, 0.15) is 52.8 Å². The third-order valence-electron chi connectivity index (χ3n) is 4.51. The van der Waals surface area contributed by atoms with Crippen molar-refractivity contribution in [2.24, 2.45) is 0 Å². The first-order chi connectivity index (χ1) is 13.2. The summed E-state index contributed by atoms with van der Waals surface area (Å²) in [6.07, 6.45) is -2.60. The Labute approximate surface area is 159 Å². The Morgan fingerprint density at radius 2 is 1.96 bits per heavy atom. The van der Waals surface area contributed by atoms with Crippen molar-refractivity contribution in [1.29, 1.82) is 0 Å². The standard InChI is InChI=1S/C19H20F3N3O3/c1-11-5-7-12(8-6-11)15-4-2-3-13(28-15)10-23-16-9-14(17(26)27)24-18(25-16)19(20,21)22/h5-9,13,15H,2-4,10H2,1H3,(H,26,27)(H,23,24,25). The van der Waals surface area contributed by atoms with Crippen LogP contribution < -0.4 is 5.32 Å². The minimum atomic E-state index is -4.83. The maximum Gasteiger partial charge on any atom is 0.451 e. The van der Waals surface area contributed by atoms with E-state index in [1.165, 1.54) is 0 Å². The Balaban J connectivity index is 1.68. The van der Waals surface area contributed by atoms with E-state index in [4.69, 9.17) is 9.84 Å². The second-order valence-electron chi connectivity index (χ2n) is 6.73. The Morgan fingerprint density at radius 3 is 2.61 bits per heavy atom. The molecule has 1 aromatic heterocycles. The smallest absolute Gasteiger partial charge is 0.451 e. The van der Waals surface area contributed by atoms with Crippen molar-refractivity contribution in [3.8, 4) is 0 Å². The predicted octanol–water partition coefficient (Wildman–Crippen LogP) is 4.22. The Morgan fingerprint density at radius 1 is 1.25 bits per heavy atom. The van der Waals surface area contributed by atoms with Gasteiger partial charge in [-0.05, 0) is 31.7 Å². The molecule has 2 N–H and O–H groups in total. The lowest BCUT2D eigenvalue weighted by Gasteiger charge is -2.30. The van der Waals surface area contributed by atoms with Gasteiger partial charge in [-0.15, -0.1) is 0 Å². The number of hydrogen-bond acceptors (Lipinski definition) is 5. The lowest BCUT2D eigenvalue weighted by Crippen LogP contribution is -2.29. The van der Waals surface area contributed by atoms with Crippen molar-refractivity contribution < 1.29 is 27.8 Å². The quantitative estimate of drug-likeness (QED) is 0.789. The number of ether oxygens (including phenoxy) is 1. The molecule has 3 rings (SSSR count). The van der Waals surface area contributed by atoms with Crippen molar-refractivity contribution in [2.45, 2.75) is 44.6 Å². The van der Waals surface area contributed by atoms with E-state index in [-0.39, 0.29) is 24.6 Å². The summed E-state index contributed by atoms with van der Waals surface area (Å²) in [7, 11) is 0. The number of rotatable bonds is 5. The number of aryl methyl sites for hydroxylation is 1. The van der Waals surface area contributed by atoms with Gasteiger partial charge >= 0.3 is 12.1 Å². The molecule has 1 aromatic carbocycles. The fourth-order valence-corrected chi connectivity index (χ4v) is 3.07. The highest BCUT2D eigenvalue weighted by Crippen LogP contribution is 2.32. The number of aromatic nitrogens is 2. The monoisotopic (exact) mass is 395 g/mol. The number of carboxylic acid groups (broad SMARTS) is 1. The molecule has 2 unspecified atom stereocenters. The van der Waals surface area contributed by atoms with Crippen LogP contribution in [0.25, 0.3) is 0 Å². The molecule has 0 bridgehead atoms. The Hall–Kier alpha value is -2.68. The number of carbonyl (C=O) groups is 1. The molecular weight excluding hydrogens is 375 g/mol. The maximum atomic E-state index is 12.9. The van der Waals surface area contributed by atoms with E-state index in [1.54, 1.807) is 0 Å². The van der Waals surface area contributed by atoms with Gasteiger partial charge in [-0.2, -0.15) is 13.2 Å². The number of halogens is 3. The van der Waals surface area contributed by atoms with Gasteiger partial charge in [0, 0.05) is 12.6 Å². The lowest BCUT2D eigenvalue weighted by atomic mass is 9.97. The molecule has 1 aliphatic heterocycles. The summed E-state index contributed by atoms with van der Waals surface area (Å²) in [6, 6.07) is 9.02. The highest BCUT2D eigenvalue weighted by atomic mass is 19.4. The number of nitrogens with zero attached hydrogens (tertiary/aromatic N) is 2. The van der Waals surface area contributed by atoms with E-state index in [1.807, 2.05) is 31.2 Å². The molecule has 1 fully saturated rings. The van der Waals surface area contributed by atoms with Crippen LogP contribution in [0.4, 0.5) is 19.0 Å². The van der Waals surface area contributed by atoms with Crippen LogP contribution >= 0.6 is 0 Å². The first-order valence-electron chi connectivity index (χ1n) is 8.88. The van der Waals surface area contributed by atoms with E-state index < -0.39 is 23.7 Å². The summed E-state index contributed by atoms with van der Waals surface area (Å²) in [5.41, 5.74) is 1.49. The summed E-state index contributed by atoms with van der Waals surface area (Å²) in [6.45, 7) is 2.22. The summed E-state index contributed by atoms with van der Waals surface area (Å²) in [4.78, 5) is 17.5. The number of carboxylic acids is 1. The number of aromatic carboxylic acids is 1. The topological polar surface area (TPSA) is 84.3 Å². The van der Waals surface area contributed by atoms with Crippen molar-refractivity contribution >= 4 is 11.8 Å². The highest BCUT2D eigenvalue weighted by Gasteiger charge is 2.36. The van der Waals surface area contributed by atoms with Crippen molar-refractivity contribution in [1.82, 2.24) is 9.97 Å². The fourth-order valence-electron chi connectivity index (χ4n) is 3.07. The van der Waals surface area contributed by atoms with Gasteiger partial charge in [-0.1, -0.05) is 29.8 Å². The zero-order chi connectivity index (χ0) is 20.3. The molecule has 2 aromatic rings. The number of hydrogen-bond donors (Lipinski definition) is 2. The summed E-state index contributed by atoms with van der Waals surface area (Å²) >= 11 is 0. The van der Waals surface area contributed by atoms with Crippen molar-refractivity contribution in [2.75, 3.05) is 11.9 Å². The molecule has 1 saturated heterocycles. The normalized spacial score (nSPS) is 20.0. The fraction of sp³-hybridized carbons (Fsp3) is 0.421. The summed E-state index contributed by atoms with van der Waals surface area (Å²) < 4.78 is 44.8. The van der Waals surface area contributed by atoms with Gasteiger partial charge in [0.1, 0.15) is 5.82 Å². The van der Waals surface area contributed by atoms with Gasteiger partial charge in [-0.3, -0.25) is 0 Å². The number of nitrogens with one attached hydrogen (secondary N) is 1. The van der Waals surface area contributed by atoms with Crippen LogP contribution in [0, 0.1) is 6.92 Å². The molecule has 0 aliphatic carbocycles. The van der Waals surface area contributed by atoms with Crippen LogP contribution in [0.15, 0.2) is 30.3 Å². The molecular formula is C19H20F3N3O3. The van der Waals surface area contributed by atoms with Gasteiger partial charge in [-0.25, -0.2) is 14.8 Å². The zero-order valence-electron chi connectivity index (χ0n) is 15.2. The van der Waals surface area contributed by atoms with Gasteiger partial charge in [0.2, 0.25) is 5.82 Å². The lowest BCUT2D eigenvalue weighted by molar-refractivity contribution is -0.144. The first-order valence-corrected chi connectivity index (χ1v) is 8.88. The second-order valence-corrected chi connectivity index (χ2v) is 6.73. The number of alkyl halides is 3. The molecule has 28 heavy (non-hydrogen) atoms. The SMILES string of the molecule is Cc1ccc(C2CCCC(CNc3cc(C(=O)O)nc(C(F)(F)F)n3)O2)cc1. The van der Waals surface area contributed by atoms with Gasteiger partial charge in [0.05, 0.1) is 12.2 Å². The van der Waals surface area contributed by atoms with Crippen LogP contribution in [0.5, 0.6) is 0 Å². The molecule has 1 aliphatic rings. The van der Waals surface area contributed by atoms with E-state index in [9.17, 15) is 18.0 Å². The van der Waals surface area contributed by atoms with Gasteiger partial charge < -0.3 is 15.2 Å². The van der Waals surface area contributed by atoms with Crippen LogP contribution in [0.2, 0.25) is 0 Å². The van der Waals surface area contributed by atoms with Gasteiger partial charge in [0.25, 0.3) is 0 Å². The molecule has 150 valence electrons. The van der Waals surface area contributed by atoms with Gasteiger partial charge in [0.15, 0.2) is 5.69 Å². The van der Waals surface area contributed by atoms with E-state index >= 15 is 0 Å². The van der Waals surface area contributed by atoms with Crippen LogP contribution in [-0.4, -0.2) is 33.7 Å². The summed E-state index contributed by atoms with van der Waals surface area (Å²) in [5.74, 6) is -3.23. The molecule has 0 saturated carbocycles. The Bertz CT molecular complexity index is 841. The molecule has 0 radical (unpaired) electrons. The van der Waals surface area contributed by atoms with E-state index in [0.29, 0.717) is 0 Å². The van der Waals surface area contributed by atoms with Crippen LogP contribution in [0.3, 0.4) is 0 Å². The van der Waals surface area contributed by atoms with Crippen molar-refractivity contribution in [3.63, 3.8) is 0 Å². The molecule has 9 heteroatoms. The van der Waals surface area contributed by atoms with Crippen molar-refractivity contribution in [3.05, 3.63) is 53.0 Å². The third-order valence-corrected chi connectivity index (χ3v) is 4.51. The summed E-state index contributed by atoms with van der Waals surface area (Å²) in [5, 5.41) is 11.8. The molecule has 6 nitrogen and oxygen atoms in total. The molecule has 0 spiro atoms. The molecule has 2 atom stereocenters.